The maximum Gasteiger partial charge on any atom is 0.511 e. The standard InChI is InChI=1S/C43H41FNO5PSi/c1-43(2,3)52(36-16-9-5-10-17-36,37-18-11-6-12-19-37)50-35(28-41(46)47)30-51(48)49-27-13-20-38-39(31-23-25-34(44)26-24-31)29-40(32-14-7-4-8-15-32)45-42(38)33-21-22-33/h4-12,14-19,23-26,29,33,35H,21-22,27-28,30H2,1-3H3/p+1. The van der Waals surface area contributed by atoms with Crippen molar-refractivity contribution >= 4 is 32.7 Å². The molecule has 0 spiro atoms. The monoisotopic (exact) mass is 730 g/mol. The van der Waals surface area contributed by atoms with Gasteiger partial charge in [-0.25, -0.2) is 4.39 Å². The summed E-state index contributed by atoms with van der Waals surface area (Å²) in [6.07, 6.45) is 0.700. The zero-order chi connectivity index (χ0) is 36.7. The Hall–Kier alpha value is -4.77. The third-order valence-corrected chi connectivity index (χ3v) is 15.5. The van der Waals surface area contributed by atoms with Crippen molar-refractivity contribution in [3.05, 3.63) is 138 Å². The third kappa shape index (κ3) is 8.63. The lowest BCUT2D eigenvalue weighted by atomic mass is 9.95. The minimum atomic E-state index is -3.12. The largest absolute Gasteiger partial charge is 0.511 e. The Kier molecular flexibility index (Phi) is 11.6. The molecule has 6 nitrogen and oxygen atoms in total. The van der Waals surface area contributed by atoms with E-state index < -0.39 is 33.5 Å². The van der Waals surface area contributed by atoms with Crippen molar-refractivity contribution in [3.8, 4) is 34.2 Å². The second-order valence-electron chi connectivity index (χ2n) is 14.1. The van der Waals surface area contributed by atoms with Crippen LogP contribution in [0.1, 0.15) is 57.2 Å². The van der Waals surface area contributed by atoms with Crippen molar-refractivity contribution in [2.24, 2.45) is 0 Å². The highest BCUT2D eigenvalue weighted by molar-refractivity contribution is 7.39. The quantitative estimate of drug-likeness (QED) is 0.0740. The molecule has 5 aromatic rings. The molecule has 0 saturated heterocycles. The molecular weight excluding hydrogens is 689 g/mol. The minimum absolute atomic E-state index is 0.102. The van der Waals surface area contributed by atoms with Gasteiger partial charge in [0.25, 0.3) is 8.32 Å². The maximum absolute atomic E-state index is 13.9. The Labute approximate surface area is 307 Å². The predicted molar refractivity (Wildman–Crippen MR) is 207 cm³/mol. The van der Waals surface area contributed by atoms with E-state index in [4.69, 9.17) is 13.9 Å². The Morgan fingerprint density at radius 3 is 2.02 bits per heavy atom. The van der Waals surface area contributed by atoms with Gasteiger partial charge in [-0.15, -0.1) is 4.52 Å². The highest BCUT2D eigenvalue weighted by atomic mass is 31.1. The molecule has 0 bridgehead atoms. The molecule has 2 atom stereocenters. The zero-order valence-electron chi connectivity index (χ0n) is 29.6. The fraction of sp³-hybridized carbons (Fsp3) is 0.256. The number of halogens is 1. The maximum atomic E-state index is 13.9. The van der Waals surface area contributed by atoms with Crippen LogP contribution in [0.15, 0.2) is 121 Å². The summed E-state index contributed by atoms with van der Waals surface area (Å²) in [6.45, 7) is 6.20. The molecule has 0 amide bonds. The summed E-state index contributed by atoms with van der Waals surface area (Å²) < 4.78 is 40.3. The van der Waals surface area contributed by atoms with Crippen LogP contribution in [0.5, 0.6) is 0 Å². The van der Waals surface area contributed by atoms with Gasteiger partial charge in [0.2, 0.25) is 6.16 Å². The Morgan fingerprint density at radius 2 is 1.48 bits per heavy atom. The summed E-state index contributed by atoms with van der Waals surface area (Å²) in [6, 6.07) is 38.1. The minimum Gasteiger partial charge on any atom is -0.481 e. The van der Waals surface area contributed by atoms with Crippen LogP contribution in [0, 0.1) is 17.7 Å². The van der Waals surface area contributed by atoms with Crippen molar-refractivity contribution in [3.63, 3.8) is 0 Å². The van der Waals surface area contributed by atoms with Crippen LogP contribution in [0.3, 0.4) is 0 Å². The molecule has 9 heteroatoms. The average Bonchev–Trinajstić information content (AvgIpc) is 3.99. The first-order valence-corrected chi connectivity index (χ1v) is 20.8. The lowest BCUT2D eigenvalue weighted by molar-refractivity contribution is -0.138. The summed E-state index contributed by atoms with van der Waals surface area (Å²) >= 11 is 0. The molecule has 1 fully saturated rings. The molecule has 1 heterocycles. The molecule has 1 aromatic heterocycles. The van der Waals surface area contributed by atoms with Crippen LogP contribution in [0.4, 0.5) is 4.39 Å². The number of benzene rings is 4. The number of carboxylic acids is 1. The van der Waals surface area contributed by atoms with Gasteiger partial charge in [-0.05, 0) is 56.6 Å². The molecule has 52 heavy (non-hydrogen) atoms. The van der Waals surface area contributed by atoms with E-state index in [1.807, 2.05) is 97.1 Å². The molecule has 2 unspecified atom stereocenters. The third-order valence-electron chi connectivity index (χ3n) is 9.25. The van der Waals surface area contributed by atoms with E-state index in [1.165, 1.54) is 12.1 Å². The van der Waals surface area contributed by atoms with E-state index in [-0.39, 0.29) is 30.9 Å². The van der Waals surface area contributed by atoms with Crippen LogP contribution < -0.4 is 10.4 Å². The van der Waals surface area contributed by atoms with Gasteiger partial charge in [0, 0.05) is 17.0 Å². The van der Waals surface area contributed by atoms with Gasteiger partial charge in [-0.2, -0.15) is 0 Å². The number of carbonyl (C=O) groups is 1. The van der Waals surface area contributed by atoms with E-state index in [9.17, 15) is 18.9 Å². The first-order chi connectivity index (χ1) is 25.0. The Morgan fingerprint density at radius 1 is 0.904 bits per heavy atom. The second kappa shape index (κ2) is 16.3. The molecule has 6 rings (SSSR count). The molecule has 0 aliphatic heterocycles. The van der Waals surface area contributed by atoms with Gasteiger partial charge in [-0.3, -0.25) is 9.78 Å². The normalized spacial score (nSPS) is 13.9. The molecule has 1 N–H and O–H groups in total. The topological polar surface area (TPSA) is 85.7 Å². The molecule has 1 saturated carbocycles. The van der Waals surface area contributed by atoms with Gasteiger partial charge < -0.3 is 9.53 Å². The van der Waals surface area contributed by atoms with E-state index in [0.29, 0.717) is 0 Å². The van der Waals surface area contributed by atoms with Crippen molar-refractivity contribution in [2.45, 2.75) is 57.1 Å². The number of nitrogens with zero attached hydrogens (tertiary/aromatic N) is 1. The van der Waals surface area contributed by atoms with E-state index >= 15 is 0 Å². The number of aromatic nitrogens is 1. The predicted octanol–water partition coefficient (Wildman–Crippen LogP) is 8.96. The lowest BCUT2D eigenvalue weighted by Crippen LogP contribution is -2.68. The van der Waals surface area contributed by atoms with Gasteiger partial charge in [0.05, 0.1) is 23.4 Å². The summed E-state index contributed by atoms with van der Waals surface area (Å²) in [7, 11) is -5.45. The van der Waals surface area contributed by atoms with Gasteiger partial charge in [0.1, 0.15) is 11.9 Å². The average molecular weight is 731 g/mol. The van der Waals surface area contributed by atoms with Crippen molar-refractivity contribution < 1.29 is 27.8 Å². The van der Waals surface area contributed by atoms with Crippen LogP contribution in [0.2, 0.25) is 5.04 Å². The summed E-state index contributed by atoms with van der Waals surface area (Å²) in [5, 5.41) is 11.5. The summed E-state index contributed by atoms with van der Waals surface area (Å²) in [4.78, 5) is 17.2. The zero-order valence-corrected chi connectivity index (χ0v) is 31.5. The highest BCUT2D eigenvalue weighted by Crippen LogP contribution is 2.44. The van der Waals surface area contributed by atoms with E-state index in [1.54, 1.807) is 12.1 Å². The second-order valence-corrected chi connectivity index (χ2v) is 19.6. The fourth-order valence-electron chi connectivity index (χ4n) is 6.69. The fourth-order valence-corrected chi connectivity index (χ4v) is 12.4. The number of aliphatic carboxylic acids is 1. The molecule has 264 valence electrons. The highest BCUT2D eigenvalue weighted by Gasteiger charge is 2.52. The SMILES string of the molecule is CC(C)(C)[Si](OC(CC(=O)O)C[P+](=O)OCC#Cc1c(-c2ccc(F)cc2)cc(-c2ccccc2)nc1C1CC1)(c1ccccc1)c1ccccc1. The van der Waals surface area contributed by atoms with Crippen molar-refractivity contribution in [1.82, 2.24) is 4.98 Å². The molecule has 1 aliphatic rings. The van der Waals surface area contributed by atoms with Gasteiger partial charge >= 0.3 is 14.0 Å². The summed E-state index contributed by atoms with van der Waals surface area (Å²) in [5.41, 5.74) is 5.08. The van der Waals surface area contributed by atoms with E-state index in [2.05, 4.69) is 32.6 Å². The van der Waals surface area contributed by atoms with Crippen LogP contribution in [-0.4, -0.2) is 43.2 Å². The number of rotatable bonds is 13. The number of carboxylic acid groups (broad SMARTS) is 1. The first-order valence-electron chi connectivity index (χ1n) is 17.5. The number of hydrogen-bond acceptors (Lipinski definition) is 5. The van der Waals surface area contributed by atoms with Crippen LogP contribution >= 0.6 is 8.03 Å². The smallest absolute Gasteiger partial charge is 0.481 e. The number of hydrogen-bond donors (Lipinski definition) is 1. The number of pyridine rings is 1. The molecule has 0 radical (unpaired) electrons. The Bertz CT molecular complexity index is 2030. The lowest BCUT2D eigenvalue weighted by Gasteiger charge is -2.44. The van der Waals surface area contributed by atoms with Gasteiger partial charge in [0.15, 0.2) is 6.61 Å². The first kappa shape index (κ1) is 37.0. The Balaban J connectivity index is 1.27. The van der Waals surface area contributed by atoms with Crippen LogP contribution in [-0.2, 0) is 18.3 Å². The van der Waals surface area contributed by atoms with Crippen molar-refractivity contribution in [1.29, 1.82) is 0 Å². The molecular formula is C43H42FNO5PSi+. The van der Waals surface area contributed by atoms with Gasteiger partial charge in [-0.1, -0.05) is 136 Å². The van der Waals surface area contributed by atoms with E-state index in [0.717, 1.165) is 56.9 Å². The summed E-state index contributed by atoms with van der Waals surface area (Å²) in [5.74, 6) is 5.21. The molecule has 1 aliphatic carbocycles. The van der Waals surface area contributed by atoms with Crippen LogP contribution in [0.25, 0.3) is 22.4 Å². The van der Waals surface area contributed by atoms with Crippen molar-refractivity contribution in [2.75, 3.05) is 12.8 Å². The molecule has 4 aromatic carbocycles.